The van der Waals surface area contributed by atoms with Gasteiger partial charge in [0.15, 0.2) is 5.82 Å². The van der Waals surface area contributed by atoms with Crippen molar-refractivity contribution in [2.24, 2.45) is 0 Å². The predicted molar refractivity (Wildman–Crippen MR) is 73.5 cm³/mol. The molecule has 0 radical (unpaired) electrons. The maximum absolute atomic E-state index is 4.35. The molecule has 1 saturated carbocycles. The van der Waals surface area contributed by atoms with E-state index in [0.717, 1.165) is 18.9 Å². The van der Waals surface area contributed by atoms with E-state index in [-0.39, 0.29) is 0 Å². The molecule has 1 fully saturated rings. The van der Waals surface area contributed by atoms with E-state index in [9.17, 15) is 0 Å². The van der Waals surface area contributed by atoms with E-state index in [2.05, 4.69) is 38.3 Å². The van der Waals surface area contributed by atoms with Gasteiger partial charge in [-0.25, -0.2) is 0 Å². The highest BCUT2D eigenvalue weighted by Gasteiger charge is 2.21. The highest BCUT2D eigenvalue weighted by molar-refractivity contribution is 5.58. The van der Waals surface area contributed by atoms with E-state index in [1.807, 2.05) is 6.33 Å². The fourth-order valence-electron chi connectivity index (χ4n) is 3.33. The van der Waals surface area contributed by atoms with Crippen LogP contribution in [0.4, 0.5) is 0 Å². The van der Waals surface area contributed by atoms with Gasteiger partial charge >= 0.3 is 0 Å². The van der Waals surface area contributed by atoms with Crippen molar-refractivity contribution in [2.45, 2.75) is 44.8 Å². The lowest BCUT2D eigenvalue weighted by Crippen LogP contribution is -2.05. The Morgan fingerprint density at radius 3 is 2.84 bits per heavy atom. The van der Waals surface area contributed by atoms with Gasteiger partial charge in [0.05, 0.1) is 0 Å². The molecular weight excluding hydrogens is 236 g/mol. The van der Waals surface area contributed by atoms with Gasteiger partial charge in [0.1, 0.15) is 6.33 Å². The van der Waals surface area contributed by atoms with E-state index < -0.39 is 0 Å². The first-order valence-corrected chi connectivity index (χ1v) is 7.14. The van der Waals surface area contributed by atoms with Gasteiger partial charge in [-0.1, -0.05) is 25.0 Å². The Bertz CT molecular complexity index is 596. The van der Waals surface area contributed by atoms with Crippen molar-refractivity contribution < 1.29 is 0 Å². The lowest BCUT2D eigenvalue weighted by atomic mass is 10.1. The van der Waals surface area contributed by atoms with Crippen LogP contribution in [0.1, 0.15) is 42.9 Å². The van der Waals surface area contributed by atoms with Crippen molar-refractivity contribution in [1.29, 1.82) is 0 Å². The minimum Gasteiger partial charge on any atom is -0.310 e. The van der Waals surface area contributed by atoms with Gasteiger partial charge in [-0.05, 0) is 30.0 Å². The van der Waals surface area contributed by atoms with Crippen LogP contribution < -0.4 is 5.32 Å². The highest BCUT2D eigenvalue weighted by atomic mass is 15.3. The first-order valence-electron chi connectivity index (χ1n) is 7.14. The molecule has 0 unspecified atom stereocenters. The normalized spacial score (nSPS) is 18.9. The number of hydrogen-bond acceptors (Lipinski definition) is 3. The van der Waals surface area contributed by atoms with Gasteiger partial charge in [-0.15, -0.1) is 10.2 Å². The standard InChI is InChI=1S/C15H18N4/c1-2-4-14(3-1)19-10-17-18-15(19)11-5-6-12-8-16-9-13(12)7-11/h5-7,10,14,16H,1-4,8-9H2. The quantitative estimate of drug-likeness (QED) is 0.896. The summed E-state index contributed by atoms with van der Waals surface area (Å²) in [5, 5.41) is 11.9. The van der Waals surface area contributed by atoms with E-state index in [1.54, 1.807) is 0 Å². The topological polar surface area (TPSA) is 42.7 Å². The molecule has 1 aliphatic heterocycles. The monoisotopic (exact) mass is 254 g/mol. The van der Waals surface area contributed by atoms with Crippen LogP contribution in [0, 0.1) is 0 Å². The van der Waals surface area contributed by atoms with E-state index >= 15 is 0 Å². The van der Waals surface area contributed by atoms with Crippen molar-refractivity contribution in [3.8, 4) is 11.4 Å². The van der Waals surface area contributed by atoms with Gasteiger partial charge in [0, 0.05) is 24.7 Å². The van der Waals surface area contributed by atoms with Gasteiger partial charge in [0.25, 0.3) is 0 Å². The van der Waals surface area contributed by atoms with E-state index in [1.165, 1.54) is 42.4 Å². The summed E-state index contributed by atoms with van der Waals surface area (Å²) in [6, 6.07) is 7.26. The van der Waals surface area contributed by atoms with Crippen LogP contribution in [-0.2, 0) is 13.1 Å². The second-order valence-corrected chi connectivity index (χ2v) is 5.59. The Kier molecular flexibility index (Phi) is 2.62. The Labute approximate surface area is 112 Å². The Morgan fingerprint density at radius 2 is 1.95 bits per heavy atom. The summed E-state index contributed by atoms with van der Waals surface area (Å²) in [6.45, 7) is 1.96. The first kappa shape index (κ1) is 11.2. The van der Waals surface area contributed by atoms with Crippen LogP contribution in [0.2, 0.25) is 0 Å². The number of hydrogen-bond donors (Lipinski definition) is 1. The lowest BCUT2D eigenvalue weighted by molar-refractivity contribution is 0.522. The van der Waals surface area contributed by atoms with Gasteiger partial charge in [0.2, 0.25) is 0 Å². The molecule has 1 aliphatic carbocycles. The van der Waals surface area contributed by atoms with Crippen molar-refractivity contribution in [3.05, 3.63) is 35.7 Å². The van der Waals surface area contributed by atoms with E-state index in [0.29, 0.717) is 6.04 Å². The van der Waals surface area contributed by atoms with Gasteiger partial charge < -0.3 is 9.88 Å². The van der Waals surface area contributed by atoms with Crippen LogP contribution >= 0.6 is 0 Å². The van der Waals surface area contributed by atoms with Crippen LogP contribution in [0.3, 0.4) is 0 Å². The molecule has 98 valence electrons. The van der Waals surface area contributed by atoms with Gasteiger partial charge in [-0.2, -0.15) is 0 Å². The van der Waals surface area contributed by atoms with Crippen LogP contribution in [0.25, 0.3) is 11.4 Å². The molecule has 0 saturated heterocycles. The molecule has 0 atom stereocenters. The average molecular weight is 254 g/mol. The van der Waals surface area contributed by atoms with Crippen molar-refractivity contribution >= 4 is 0 Å². The average Bonchev–Trinajstić information content (AvgIpc) is 3.18. The second kappa shape index (κ2) is 4.46. The lowest BCUT2D eigenvalue weighted by Gasteiger charge is -2.14. The molecule has 1 aromatic carbocycles. The van der Waals surface area contributed by atoms with Crippen LogP contribution in [0.5, 0.6) is 0 Å². The molecule has 4 nitrogen and oxygen atoms in total. The molecule has 2 aromatic rings. The Balaban J connectivity index is 1.74. The minimum atomic E-state index is 0.594. The summed E-state index contributed by atoms with van der Waals surface area (Å²) in [7, 11) is 0. The molecular formula is C15H18N4. The summed E-state index contributed by atoms with van der Waals surface area (Å²) >= 11 is 0. The van der Waals surface area contributed by atoms with Crippen molar-refractivity contribution in [2.75, 3.05) is 0 Å². The summed E-state index contributed by atoms with van der Waals surface area (Å²) < 4.78 is 2.27. The third-order valence-corrected chi connectivity index (χ3v) is 4.39. The van der Waals surface area contributed by atoms with Gasteiger partial charge in [-0.3, -0.25) is 0 Å². The zero-order valence-electron chi connectivity index (χ0n) is 11.0. The molecule has 2 heterocycles. The number of nitrogens with zero attached hydrogens (tertiary/aromatic N) is 3. The molecule has 4 rings (SSSR count). The first-order chi connectivity index (χ1) is 9.42. The predicted octanol–water partition coefficient (Wildman–Crippen LogP) is 2.66. The van der Waals surface area contributed by atoms with Crippen LogP contribution in [0.15, 0.2) is 24.5 Å². The summed E-state index contributed by atoms with van der Waals surface area (Å²) in [6.07, 6.45) is 7.08. The van der Waals surface area contributed by atoms with Crippen LogP contribution in [-0.4, -0.2) is 14.8 Å². The fourth-order valence-corrected chi connectivity index (χ4v) is 3.33. The third-order valence-electron chi connectivity index (χ3n) is 4.39. The Hall–Kier alpha value is -1.68. The summed E-state index contributed by atoms with van der Waals surface area (Å²) in [5.74, 6) is 1.03. The SMILES string of the molecule is c1cc2c(cc1-c1nncn1C1CCCC1)CNC2. The molecule has 0 spiro atoms. The smallest absolute Gasteiger partial charge is 0.164 e. The zero-order valence-corrected chi connectivity index (χ0v) is 11.0. The third kappa shape index (κ3) is 1.87. The minimum absolute atomic E-state index is 0.594. The molecule has 1 aromatic heterocycles. The molecule has 4 heteroatoms. The molecule has 2 aliphatic rings. The second-order valence-electron chi connectivity index (χ2n) is 5.59. The number of benzene rings is 1. The maximum Gasteiger partial charge on any atom is 0.164 e. The number of fused-ring (bicyclic) bond motifs is 1. The number of nitrogens with one attached hydrogen (secondary N) is 1. The molecule has 1 N–H and O–H groups in total. The molecule has 19 heavy (non-hydrogen) atoms. The fraction of sp³-hybridized carbons (Fsp3) is 0.467. The number of aromatic nitrogens is 3. The maximum atomic E-state index is 4.35. The van der Waals surface area contributed by atoms with Crippen molar-refractivity contribution in [3.63, 3.8) is 0 Å². The molecule has 0 bridgehead atoms. The van der Waals surface area contributed by atoms with Crippen molar-refractivity contribution in [1.82, 2.24) is 20.1 Å². The summed E-state index contributed by atoms with van der Waals surface area (Å²) in [4.78, 5) is 0. The largest absolute Gasteiger partial charge is 0.310 e. The summed E-state index contributed by atoms with van der Waals surface area (Å²) in [5.41, 5.74) is 4.01. The highest BCUT2D eigenvalue weighted by Crippen LogP contribution is 2.33. The van der Waals surface area contributed by atoms with E-state index in [4.69, 9.17) is 0 Å². The molecule has 0 amide bonds. The number of rotatable bonds is 2. The zero-order chi connectivity index (χ0) is 12.7. The Morgan fingerprint density at radius 1 is 1.11 bits per heavy atom.